The second-order valence-corrected chi connectivity index (χ2v) is 2.63. The molecule has 0 amide bonds. The summed E-state index contributed by atoms with van der Waals surface area (Å²) in [5, 5.41) is 16.1. The lowest BCUT2D eigenvalue weighted by molar-refractivity contribution is -0.139. The summed E-state index contributed by atoms with van der Waals surface area (Å²) in [5.74, 6) is -2.44. The molecule has 0 aromatic heterocycles. The lowest BCUT2D eigenvalue weighted by Gasteiger charge is -1.91. The Balaban J connectivity index is 0.000000280. The summed E-state index contributed by atoms with van der Waals surface area (Å²) in [6.07, 6.45) is -0.505. The van der Waals surface area contributed by atoms with E-state index in [2.05, 4.69) is 6.58 Å². The summed E-state index contributed by atoms with van der Waals surface area (Å²) in [6, 6.07) is 12.0. The Labute approximate surface area is 87.5 Å². The van der Waals surface area contributed by atoms with Gasteiger partial charge in [-0.2, -0.15) is 0 Å². The minimum absolute atomic E-state index is 0.303. The van der Waals surface area contributed by atoms with Crippen LogP contribution in [0, 0.1) is 0 Å². The fraction of sp³-hybridized carbons (Fsp3) is 0.0909. The van der Waals surface area contributed by atoms with E-state index in [0.717, 1.165) is 0 Å². The highest BCUT2D eigenvalue weighted by Crippen LogP contribution is 1.95. The Hall–Kier alpha value is -2.10. The van der Waals surface area contributed by atoms with Crippen LogP contribution in [0.15, 0.2) is 48.6 Å². The van der Waals surface area contributed by atoms with E-state index in [1.165, 1.54) is 0 Å². The average molecular weight is 208 g/mol. The van der Waals surface area contributed by atoms with Gasteiger partial charge in [0.2, 0.25) is 0 Å². The van der Waals surface area contributed by atoms with Gasteiger partial charge in [0, 0.05) is 5.57 Å². The van der Waals surface area contributed by atoms with Crippen LogP contribution in [-0.4, -0.2) is 22.2 Å². The van der Waals surface area contributed by atoms with Crippen molar-refractivity contribution >= 4 is 11.9 Å². The Kier molecular flexibility index (Phi) is 6.29. The van der Waals surface area contributed by atoms with Gasteiger partial charge in [-0.3, -0.25) is 4.79 Å². The first-order valence-corrected chi connectivity index (χ1v) is 4.17. The van der Waals surface area contributed by atoms with Gasteiger partial charge < -0.3 is 10.2 Å². The van der Waals surface area contributed by atoms with Crippen molar-refractivity contribution in [2.24, 2.45) is 0 Å². The lowest BCUT2D eigenvalue weighted by atomic mass is 10.2. The summed E-state index contributed by atoms with van der Waals surface area (Å²) in [5.41, 5.74) is -0.303. The van der Waals surface area contributed by atoms with Crippen molar-refractivity contribution in [1.29, 1.82) is 0 Å². The fourth-order valence-electron chi connectivity index (χ4n) is 0.643. The fourth-order valence-corrected chi connectivity index (χ4v) is 0.643. The van der Waals surface area contributed by atoms with Gasteiger partial charge in [0.1, 0.15) is 0 Å². The zero-order valence-corrected chi connectivity index (χ0v) is 8.09. The van der Waals surface area contributed by atoms with Gasteiger partial charge in [-0.05, 0) is 0 Å². The van der Waals surface area contributed by atoms with E-state index in [4.69, 9.17) is 10.2 Å². The van der Waals surface area contributed by atoms with E-state index in [-0.39, 0.29) is 5.57 Å². The van der Waals surface area contributed by atoms with Crippen LogP contribution < -0.4 is 0 Å². The van der Waals surface area contributed by atoms with Crippen molar-refractivity contribution in [3.8, 4) is 0 Å². The molecule has 0 saturated carbocycles. The maximum absolute atomic E-state index is 9.87. The minimum atomic E-state index is -1.27. The van der Waals surface area contributed by atoms with Crippen molar-refractivity contribution in [2.75, 3.05) is 0 Å². The highest BCUT2D eigenvalue weighted by molar-refractivity contribution is 5.91. The number of carboxylic acids is 2. The topological polar surface area (TPSA) is 74.6 Å². The van der Waals surface area contributed by atoms with Gasteiger partial charge in [-0.15, -0.1) is 0 Å². The van der Waals surface area contributed by atoms with Crippen molar-refractivity contribution in [3.63, 3.8) is 0 Å². The van der Waals surface area contributed by atoms with Crippen LogP contribution in [-0.2, 0) is 9.59 Å². The molecule has 4 heteroatoms. The van der Waals surface area contributed by atoms with Crippen LogP contribution in [0.2, 0.25) is 0 Å². The molecule has 0 fully saturated rings. The predicted octanol–water partition coefficient (Wildman–Crippen LogP) is 1.79. The third kappa shape index (κ3) is 8.24. The second kappa shape index (κ2) is 7.32. The molecule has 2 N–H and O–H groups in total. The molecule has 0 saturated heterocycles. The largest absolute Gasteiger partial charge is 0.481 e. The van der Waals surface area contributed by atoms with E-state index >= 15 is 0 Å². The summed E-state index contributed by atoms with van der Waals surface area (Å²) in [6.45, 7) is 3.01. The molecule has 0 radical (unpaired) electrons. The van der Waals surface area contributed by atoms with Gasteiger partial charge in [0.15, 0.2) is 0 Å². The van der Waals surface area contributed by atoms with Crippen LogP contribution in [0.4, 0.5) is 0 Å². The molecule has 1 rings (SSSR count). The van der Waals surface area contributed by atoms with E-state index in [0.29, 0.717) is 0 Å². The number of hydrogen-bond donors (Lipinski definition) is 2. The zero-order chi connectivity index (χ0) is 11.7. The average Bonchev–Trinajstić information content (AvgIpc) is 2.20. The molecule has 0 heterocycles. The predicted molar refractivity (Wildman–Crippen MR) is 55.5 cm³/mol. The molecular formula is C11H12O4. The molecular weight excluding hydrogens is 196 g/mol. The molecule has 0 aliphatic carbocycles. The molecule has 0 atom stereocenters. The smallest absolute Gasteiger partial charge is 0.331 e. The summed E-state index contributed by atoms with van der Waals surface area (Å²) in [4.78, 5) is 19.7. The Morgan fingerprint density at radius 1 is 0.933 bits per heavy atom. The Morgan fingerprint density at radius 3 is 1.40 bits per heavy atom. The van der Waals surface area contributed by atoms with Gasteiger partial charge >= 0.3 is 11.9 Å². The van der Waals surface area contributed by atoms with Crippen LogP contribution in [0.3, 0.4) is 0 Å². The third-order valence-electron chi connectivity index (χ3n) is 1.33. The SMILES string of the molecule is C=C(CC(=O)O)C(=O)O.c1ccccc1. The second-order valence-electron chi connectivity index (χ2n) is 2.63. The van der Waals surface area contributed by atoms with Gasteiger partial charge in [0.05, 0.1) is 6.42 Å². The first kappa shape index (κ1) is 12.9. The summed E-state index contributed by atoms with van der Waals surface area (Å²) >= 11 is 0. The molecule has 0 unspecified atom stereocenters. The normalized spacial score (nSPS) is 8.27. The molecule has 15 heavy (non-hydrogen) atoms. The minimum Gasteiger partial charge on any atom is -0.481 e. The third-order valence-corrected chi connectivity index (χ3v) is 1.33. The Morgan fingerprint density at radius 2 is 1.27 bits per heavy atom. The molecule has 0 aliphatic rings. The molecule has 4 nitrogen and oxygen atoms in total. The van der Waals surface area contributed by atoms with Crippen LogP contribution in [0.1, 0.15) is 6.42 Å². The quantitative estimate of drug-likeness (QED) is 0.742. The molecule has 0 aliphatic heterocycles. The monoisotopic (exact) mass is 208 g/mol. The van der Waals surface area contributed by atoms with Crippen LogP contribution >= 0.6 is 0 Å². The van der Waals surface area contributed by atoms with Crippen LogP contribution in [0.5, 0.6) is 0 Å². The number of carbonyl (C=O) groups is 2. The van der Waals surface area contributed by atoms with Gasteiger partial charge in [-0.25, -0.2) is 4.79 Å². The maximum Gasteiger partial charge on any atom is 0.331 e. The van der Waals surface area contributed by atoms with Crippen molar-refractivity contribution in [2.45, 2.75) is 6.42 Å². The first-order chi connectivity index (χ1) is 7.04. The van der Waals surface area contributed by atoms with E-state index < -0.39 is 18.4 Å². The molecule has 0 bridgehead atoms. The maximum atomic E-state index is 9.87. The van der Waals surface area contributed by atoms with E-state index in [9.17, 15) is 9.59 Å². The highest BCUT2D eigenvalue weighted by Gasteiger charge is 2.07. The van der Waals surface area contributed by atoms with Crippen molar-refractivity contribution < 1.29 is 19.8 Å². The zero-order valence-electron chi connectivity index (χ0n) is 8.09. The Bertz CT molecular complexity index is 303. The van der Waals surface area contributed by atoms with E-state index in [1.807, 2.05) is 36.4 Å². The number of benzene rings is 1. The molecule has 1 aromatic carbocycles. The summed E-state index contributed by atoms with van der Waals surface area (Å²) in [7, 11) is 0. The standard InChI is InChI=1S/C6H6.C5H6O4/c1-2-4-6-5-3-1;1-3(5(8)9)2-4(6)7/h1-6H;1-2H2,(H,6,7)(H,8,9). The molecule has 80 valence electrons. The van der Waals surface area contributed by atoms with Gasteiger partial charge in [0.25, 0.3) is 0 Å². The van der Waals surface area contributed by atoms with Crippen molar-refractivity contribution in [1.82, 2.24) is 0 Å². The molecule has 0 spiro atoms. The van der Waals surface area contributed by atoms with Crippen LogP contribution in [0.25, 0.3) is 0 Å². The number of hydrogen-bond acceptors (Lipinski definition) is 2. The lowest BCUT2D eigenvalue weighted by Crippen LogP contribution is -2.04. The number of rotatable bonds is 3. The number of aliphatic carboxylic acids is 2. The highest BCUT2D eigenvalue weighted by atomic mass is 16.4. The van der Waals surface area contributed by atoms with E-state index in [1.54, 1.807) is 0 Å². The first-order valence-electron chi connectivity index (χ1n) is 4.17. The molecule has 1 aromatic rings. The summed E-state index contributed by atoms with van der Waals surface area (Å²) < 4.78 is 0. The number of carboxylic acid groups (broad SMARTS) is 2. The van der Waals surface area contributed by atoms with Gasteiger partial charge in [-0.1, -0.05) is 43.0 Å². The van der Waals surface area contributed by atoms with Crippen molar-refractivity contribution in [3.05, 3.63) is 48.6 Å².